The molecule has 0 spiro atoms. The summed E-state index contributed by atoms with van der Waals surface area (Å²) in [5.74, 6) is 0. The van der Waals surface area contributed by atoms with Crippen LogP contribution in [0.25, 0.3) is 0 Å². The molecule has 1 atom stereocenters. The molecule has 9 heavy (non-hydrogen) atoms. The average molecular weight is 152 g/mol. The Kier molecular flexibility index (Phi) is 9.83. The quantitative estimate of drug-likeness (QED) is 0.423. The molecule has 0 bridgehead atoms. The summed E-state index contributed by atoms with van der Waals surface area (Å²) in [4.78, 5) is 9.15. The molecule has 0 saturated carbocycles. The highest BCUT2D eigenvalue weighted by molar-refractivity contribution is 7.17. The molecule has 0 amide bonds. The minimum absolute atomic E-state index is 0.750. The molecule has 0 rings (SSSR count). The van der Waals surface area contributed by atoms with Gasteiger partial charge in [-0.25, -0.2) is 4.79 Å². The van der Waals surface area contributed by atoms with E-state index in [0.717, 1.165) is 12.8 Å². The molecule has 0 fully saturated rings. The van der Waals surface area contributed by atoms with E-state index in [1.807, 2.05) is 0 Å². The summed E-state index contributed by atoms with van der Waals surface area (Å²) >= 11 is 0. The molecule has 0 saturated heterocycles. The molecular formula is C5H13O3P. The van der Waals surface area contributed by atoms with Crippen molar-refractivity contribution in [1.82, 2.24) is 0 Å². The van der Waals surface area contributed by atoms with Gasteiger partial charge in [0.2, 0.25) is 0 Å². The summed E-state index contributed by atoms with van der Waals surface area (Å²) in [7, 11) is 3.76. The maximum atomic E-state index is 9.15. The summed E-state index contributed by atoms with van der Waals surface area (Å²) in [6.07, 6.45) is -1.25. The van der Waals surface area contributed by atoms with Gasteiger partial charge < -0.3 is 9.84 Å². The zero-order valence-corrected chi connectivity index (χ0v) is 7.07. The largest absolute Gasteiger partial charge is 0.505 e. The van der Waals surface area contributed by atoms with Gasteiger partial charge in [-0.15, -0.1) is 9.24 Å². The first kappa shape index (κ1) is 11.5. The van der Waals surface area contributed by atoms with Crippen LogP contribution in [0.3, 0.4) is 0 Å². The van der Waals surface area contributed by atoms with Gasteiger partial charge >= 0.3 is 6.16 Å². The Balaban J connectivity index is 0. The molecule has 0 aromatic heterocycles. The Morgan fingerprint density at radius 2 is 1.78 bits per heavy atom. The summed E-state index contributed by atoms with van der Waals surface area (Å²) < 4.78 is 3.67. The molecule has 0 radical (unpaired) electrons. The van der Waals surface area contributed by atoms with Crippen molar-refractivity contribution >= 4 is 15.4 Å². The van der Waals surface area contributed by atoms with Gasteiger partial charge in [0.05, 0.1) is 7.11 Å². The second-order valence-corrected chi connectivity index (χ2v) is 3.05. The third kappa shape index (κ3) is 86.6. The van der Waals surface area contributed by atoms with Gasteiger partial charge in [0.15, 0.2) is 0 Å². The van der Waals surface area contributed by atoms with E-state index in [-0.39, 0.29) is 0 Å². The molecule has 1 N–H and O–H groups in total. The van der Waals surface area contributed by atoms with E-state index in [2.05, 4.69) is 27.8 Å². The van der Waals surface area contributed by atoms with Gasteiger partial charge in [-0.3, -0.25) is 0 Å². The molecule has 0 heterocycles. The molecule has 0 aliphatic rings. The summed E-state index contributed by atoms with van der Waals surface area (Å²) in [6.45, 7) is 4.26. The van der Waals surface area contributed by atoms with Crippen LogP contribution in [0.4, 0.5) is 4.79 Å². The first-order valence-electron chi connectivity index (χ1n) is 2.53. The van der Waals surface area contributed by atoms with Crippen LogP contribution >= 0.6 is 9.24 Å². The number of ether oxygens (including phenoxy) is 1. The SMILES string of the molecule is CC(C)P.COC(=O)O. The fourth-order valence-corrected chi connectivity index (χ4v) is 0. The van der Waals surface area contributed by atoms with Crippen molar-refractivity contribution in [3.8, 4) is 0 Å². The van der Waals surface area contributed by atoms with E-state index in [1.54, 1.807) is 0 Å². The van der Waals surface area contributed by atoms with Gasteiger partial charge in [0.25, 0.3) is 0 Å². The van der Waals surface area contributed by atoms with Gasteiger partial charge in [0, 0.05) is 0 Å². The Labute approximate surface area is 57.6 Å². The smallest absolute Gasteiger partial charge is 0.450 e. The number of carboxylic acid groups (broad SMARTS) is 1. The lowest BCUT2D eigenvalue weighted by Gasteiger charge is -1.79. The average Bonchev–Trinajstić information content (AvgIpc) is 1.65. The Morgan fingerprint density at radius 3 is 1.78 bits per heavy atom. The molecule has 56 valence electrons. The highest BCUT2D eigenvalue weighted by Gasteiger charge is 1.80. The number of rotatable bonds is 0. The Bertz CT molecular complexity index is 69.8. The van der Waals surface area contributed by atoms with Crippen LogP contribution in [0.5, 0.6) is 0 Å². The fourth-order valence-electron chi connectivity index (χ4n) is 0. The number of methoxy groups -OCH3 is 1. The van der Waals surface area contributed by atoms with Crippen LogP contribution in [-0.4, -0.2) is 24.0 Å². The van der Waals surface area contributed by atoms with Gasteiger partial charge in [-0.2, -0.15) is 0 Å². The van der Waals surface area contributed by atoms with E-state index in [0.29, 0.717) is 0 Å². The standard InChI is InChI=1S/C3H9P.C2H4O3/c1-3(2)4;1-5-2(3)4/h3H,4H2,1-2H3;1H3,(H,3,4). The number of hydrogen-bond acceptors (Lipinski definition) is 2. The Hall–Kier alpha value is -0.300. The molecule has 4 heteroatoms. The van der Waals surface area contributed by atoms with Crippen molar-refractivity contribution in [3.05, 3.63) is 0 Å². The maximum Gasteiger partial charge on any atom is 0.505 e. The van der Waals surface area contributed by atoms with Crippen LogP contribution in [0.15, 0.2) is 0 Å². The molecular weight excluding hydrogens is 139 g/mol. The molecule has 0 aromatic rings. The number of carbonyl (C=O) groups is 1. The topological polar surface area (TPSA) is 46.5 Å². The van der Waals surface area contributed by atoms with Crippen molar-refractivity contribution < 1.29 is 14.6 Å². The van der Waals surface area contributed by atoms with E-state index in [4.69, 9.17) is 9.90 Å². The van der Waals surface area contributed by atoms with Crippen LogP contribution in [0, 0.1) is 0 Å². The first-order valence-corrected chi connectivity index (χ1v) is 3.19. The van der Waals surface area contributed by atoms with Crippen LogP contribution in [0.1, 0.15) is 13.8 Å². The minimum atomic E-state index is -1.25. The molecule has 3 nitrogen and oxygen atoms in total. The summed E-state index contributed by atoms with van der Waals surface area (Å²) in [5.41, 5.74) is 0.750. The second kappa shape index (κ2) is 7.70. The van der Waals surface area contributed by atoms with Gasteiger partial charge in [-0.05, 0) is 5.66 Å². The van der Waals surface area contributed by atoms with Crippen molar-refractivity contribution in [2.75, 3.05) is 7.11 Å². The van der Waals surface area contributed by atoms with Gasteiger partial charge in [-0.1, -0.05) is 13.8 Å². The lowest BCUT2D eigenvalue weighted by Crippen LogP contribution is -1.91. The zero-order valence-electron chi connectivity index (χ0n) is 5.92. The summed E-state index contributed by atoms with van der Waals surface area (Å²) in [6, 6.07) is 0. The summed E-state index contributed by atoms with van der Waals surface area (Å²) in [5, 5.41) is 7.50. The lowest BCUT2D eigenvalue weighted by atomic mass is 10.6. The predicted molar refractivity (Wildman–Crippen MR) is 39.9 cm³/mol. The fraction of sp³-hybridized carbons (Fsp3) is 0.800. The van der Waals surface area contributed by atoms with E-state index >= 15 is 0 Å². The molecule has 0 aliphatic carbocycles. The van der Waals surface area contributed by atoms with Crippen molar-refractivity contribution in [3.63, 3.8) is 0 Å². The van der Waals surface area contributed by atoms with Crippen LogP contribution in [0.2, 0.25) is 0 Å². The highest BCUT2D eigenvalue weighted by Crippen LogP contribution is 1.90. The Morgan fingerprint density at radius 1 is 1.67 bits per heavy atom. The predicted octanol–water partition coefficient (Wildman–Crippen LogP) is 1.58. The maximum absolute atomic E-state index is 9.15. The van der Waals surface area contributed by atoms with Crippen molar-refractivity contribution in [2.24, 2.45) is 0 Å². The first-order chi connectivity index (χ1) is 4.00. The van der Waals surface area contributed by atoms with E-state index < -0.39 is 6.16 Å². The number of hydrogen-bond donors (Lipinski definition) is 1. The van der Waals surface area contributed by atoms with Crippen molar-refractivity contribution in [2.45, 2.75) is 19.5 Å². The molecule has 0 aliphatic heterocycles. The highest BCUT2D eigenvalue weighted by atomic mass is 31.0. The third-order valence-corrected chi connectivity index (χ3v) is 0.175. The van der Waals surface area contributed by atoms with E-state index in [1.165, 1.54) is 0 Å². The van der Waals surface area contributed by atoms with Crippen LogP contribution in [-0.2, 0) is 4.74 Å². The van der Waals surface area contributed by atoms with Gasteiger partial charge in [0.1, 0.15) is 0 Å². The zero-order chi connectivity index (χ0) is 7.86. The van der Waals surface area contributed by atoms with Crippen LogP contribution < -0.4 is 0 Å². The normalized spacial score (nSPS) is 7.67. The minimum Gasteiger partial charge on any atom is -0.450 e. The molecule has 1 unspecified atom stereocenters. The van der Waals surface area contributed by atoms with Crippen molar-refractivity contribution in [1.29, 1.82) is 0 Å². The monoisotopic (exact) mass is 152 g/mol. The third-order valence-electron chi connectivity index (χ3n) is 0.175. The molecule has 0 aromatic carbocycles. The lowest BCUT2D eigenvalue weighted by molar-refractivity contribution is 0.114. The van der Waals surface area contributed by atoms with E-state index in [9.17, 15) is 0 Å². The second-order valence-electron chi connectivity index (χ2n) is 1.71.